The van der Waals surface area contributed by atoms with Gasteiger partial charge in [-0.3, -0.25) is 19.9 Å². The number of imide groups is 1. The molecule has 1 aromatic carbocycles. The molecule has 1 saturated heterocycles. The fraction of sp³-hybridized carbons (Fsp3) is 0.389. The molecule has 142 valence electrons. The van der Waals surface area contributed by atoms with Crippen LogP contribution in [0.4, 0.5) is 10.5 Å². The van der Waals surface area contributed by atoms with Crippen molar-refractivity contribution in [1.82, 2.24) is 15.1 Å². The summed E-state index contributed by atoms with van der Waals surface area (Å²) in [4.78, 5) is 34.5. The van der Waals surface area contributed by atoms with Crippen LogP contribution >= 0.6 is 0 Å². The van der Waals surface area contributed by atoms with Crippen molar-refractivity contribution >= 4 is 23.6 Å². The Bertz CT molecular complexity index is 909. The van der Waals surface area contributed by atoms with Crippen molar-refractivity contribution in [2.45, 2.75) is 26.1 Å². The molecule has 0 saturated carbocycles. The first-order valence-electron chi connectivity index (χ1n) is 8.53. The van der Waals surface area contributed by atoms with Crippen LogP contribution in [0.5, 0.6) is 11.5 Å². The Balaban J connectivity index is 1.82. The normalized spacial score (nSPS) is 24.0. The molecule has 1 N–H and O–H groups in total. The molecule has 3 heterocycles. The number of hydrogen-bond donors (Lipinski definition) is 1. The molecule has 27 heavy (non-hydrogen) atoms. The van der Waals surface area contributed by atoms with E-state index in [4.69, 9.17) is 14.5 Å². The SMILES string of the molecule is COc1ccc(N2C3=NC4C(C(=O)NC(=O)N4C)N3C(C)=C2C)c(OC)c1. The van der Waals surface area contributed by atoms with Gasteiger partial charge in [-0.1, -0.05) is 0 Å². The van der Waals surface area contributed by atoms with Gasteiger partial charge in [0.05, 0.1) is 19.9 Å². The third-order valence-electron chi connectivity index (χ3n) is 5.29. The molecule has 9 nitrogen and oxygen atoms in total. The number of guanidine groups is 1. The van der Waals surface area contributed by atoms with Gasteiger partial charge >= 0.3 is 6.03 Å². The zero-order chi connectivity index (χ0) is 19.5. The fourth-order valence-corrected chi connectivity index (χ4v) is 3.72. The van der Waals surface area contributed by atoms with E-state index in [1.54, 1.807) is 27.3 Å². The van der Waals surface area contributed by atoms with Gasteiger partial charge in [0, 0.05) is 24.5 Å². The summed E-state index contributed by atoms with van der Waals surface area (Å²) in [7, 11) is 4.82. The highest BCUT2D eigenvalue weighted by atomic mass is 16.5. The zero-order valence-corrected chi connectivity index (χ0v) is 15.8. The zero-order valence-electron chi connectivity index (χ0n) is 15.8. The van der Waals surface area contributed by atoms with Crippen molar-refractivity contribution in [3.05, 3.63) is 29.6 Å². The van der Waals surface area contributed by atoms with Gasteiger partial charge in [0.2, 0.25) is 5.96 Å². The van der Waals surface area contributed by atoms with E-state index in [2.05, 4.69) is 5.32 Å². The number of carbonyl (C=O) groups excluding carboxylic acids is 2. The number of anilines is 1. The smallest absolute Gasteiger partial charge is 0.325 e. The molecule has 1 aromatic rings. The maximum Gasteiger partial charge on any atom is 0.325 e. The molecule has 3 aliphatic heterocycles. The Morgan fingerprint density at radius 1 is 1.11 bits per heavy atom. The predicted molar refractivity (Wildman–Crippen MR) is 98.6 cm³/mol. The Kier molecular flexibility index (Phi) is 3.76. The van der Waals surface area contributed by atoms with Gasteiger partial charge in [0.15, 0.2) is 12.2 Å². The Labute approximate surface area is 156 Å². The highest BCUT2D eigenvalue weighted by Crippen LogP contribution is 2.42. The van der Waals surface area contributed by atoms with Gasteiger partial charge in [-0.15, -0.1) is 0 Å². The lowest BCUT2D eigenvalue weighted by Crippen LogP contribution is -2.63. The number of urea groups is 1. The van der Waals surface area contributed by atoms with E-state index in [1.165, 1.54) is 4.90 Å². The van der Waals surface area contributed by atoms with Crippen molar-refractivity contribution in [2.24, 2.45) is 4.99 Å². The molecule has 0 aliphatic carbocycles. The van der Waals surface area contributed by atoms with Crippen molar-refractivity contribution in [2.75, 3.05) is 26.2 Å². The van der Waals surface area contributed by atoms with Crippen LogP contribution in [0.25, 0.3) is 0 Å². The Hall–Kier alpha value is -3.23. The van der Waals surface area contributed by atoms with Crippen molar-refractivity contribution < 1.29 is 19.1 Å². The fourth-order valence-electron chi connectivity index (χ4n) is 3.72. The van der Waals surface area contributed by atoms with Gasteiger partial charge in [-0.05, 0) is 26.0 Å². The summed E-state index contributed by atoms with van der Waals surface area (Å²) in [5, 5.41) is 2.39. The van der Waals surface area contributed by atoms with Gasteiger partial charge in [-0.2, -0.15) is 0 Å². The molecule has 3 aliphatic rings. The largest absolute Gasteiger partial charge is 0.497 e. The first-order valence-corrected chi connectivity index (χ1v) is 8.53. The minimum Gasteiger partial charge on any atom is -0.497 e. The third kappa shape index (κ3) is 2.27. The van der Waals surface area contributed by atoms with Crippen LogP contribution in [0.3, 0.4) is 0 Å². The number of rotatable bonds is 3. The van der Waals surface area contributed by atoms with E-state index in [-0.39, 0.29) is 5.91 Å². The number of aliphatic imine (C=N–C) groups is 1. The second kappa shape index (κ2) is 5.90. The van der Waals surface area contributed by atoms with E-state index in [1.807, 2.05) is 35.8 Å². The van der Waals surface area contributed by atoms with Crippen molar-refractivity contribution in [1.29, 1.82) is 0 Å². The molecule has 2 atom stereocenters. The standard InChI is InChI=1S/C18H21N5O4/c1-9-10(2)23-14-15(21(3)18(25)20-16(14)24)19-17(23)22(9)12-7-6-11(26-4)8-13(12)27-5/h6-8,14-15H,1-5H3,(H,20,24,25). The van der Waals surface area contributed by atoms with Crippen LogP contribution in [0.2, 0.25) is 0 Å². The molecule has 2 unspecified atom stereocenters. The first kappa shape index (κ1) is 17.2. The van der Waals surface area contributed by atoms with Crippen molar-refractivity contribution in [3.63, 3.8) is 0 Å². The van der Waals surface area contributed by atoms with Crippen LogP contribution in [0, 0.1) is 0 Å². The lowest BCUT2D eigenvalue weighted by atomic mass is 10.1. The number of likely N-dealkylation sites (N-methyl/N-ethyl adjacent to an activating group) is 1. The maximum atomic E-state index is 12.5. The molecule has 0 bridgehead atoms. The van der Waals surface area contributed by atoms with E-state index < -0.39 is 18.2 Å². The summed E-state index contributed by atoms with van der Waals surface area (Å²) < 4.78 is 10.8. The van der Waals surface area contributed by atoms with Gasteiger partial charge in [-0.25, -0.2) is 9.79 Å². The number of amides is 3. The number of hydrogen-bond acceptors (Lipinski definition) is 7. The number of nitrogens with one attached hydrogen (secondary N) is 1. The van der Waals surface area contributed by atoms with Crippen LogP contribution in [-0.4, -0.2) is 61.2 Å². The highest BCUT2D eigenvalue weighted by molar-refractivity contribution is 6.11. The van der Waals surface area contributed by atoms with Gasteiger partial charge < -0.3 is 14.4 Å². The van der Waals surface area contributed by atoms with E-state index >= 15 is 0 Å². The third-order valence-corrected chi connectivity index (χ3v) is 5.29. The van der Waals surface area contributed by atoms with Crippen LogP contribution in [0.15, 0.2) is 34.6 Å². The summed E-state index contributed by atoms with van der Waals surface area (Å²) in [6, 6.07) is 4.49. The molecule has 0 spiro atoms. The molecule has 9 heteroatoms. The van der Waals surface area contributed by atoms with E-state index in [0.29, 0.717) is 17.5 Å². The number of allylic oxidation sites excluding steroid dienone is 2. The van der Waals surface area contributed by atoms with E-state index in [0.717, 1.165) is 17.1 Å². The van der Waals surface area contributed by atoms with Crippen LogP contribution in [-0.2, 0) is 4.79 Å². The summed E-state index contributed by atoms with van der Waals surface area (Å²) in [5.74, 6) is 1.55. The van der Waals surface area contributed by atoms with Crippen molar-refractivity contribution in [3.8, 4) is 11.5 Å². The first-order chi connectivity index (χ1) is 12.9. The van der Waals surface area contributed by atoms with Gasteiger partial charge in [0.25, 0.3) is 5.91 Å². The Morgan fingerprint density at radius 2 is 1.85 bits per heavy atom. The second-order valence-corrected chi connectivity index (χ2v) is 6.61. The summed E-state index contributed by atoms with van der Waals surface area (Å²) in [5.41, 5.74) is 2.62. The minimum atomic E-state index is -0.591. The van der Waals surface area contributed by atoms with Crippen LogP contribution < -0.4 is 19.7 Å². The topological polar surface area (TPSA) is 86.7 Å². The molecule has 3 amide bonds. The summed E-state index contributed by atoms with van der Waals surface area (Å²) >= 11 is 0. The number of carbonyl (C=O) groups is 2. The predicted octanol–water partition coefficient (Wildman–Crippen LogP) is 1.32. The molecular weight excluding hydrogens is 350 g/mol. The quantitative estimate of drug-likeness (QED) is 0.863. The molecule has 0 radical (unpaired) electrons. The lowest BCUT2D eigenvalue weighted by Gasteiger charge is -2.35. The second-order valence-electron chi connectivity index (χ2n) is 6.61. The number of methoxy groups -OCH3 is 2. The lowest BCUT2D eigenvalue weighted by molar-refractivity contribution is -0.126. The summed E-state index contributed by atoms with van der Waals surface area (Å²) in [6.07, 6.45) is -0.573. The molecule has 1 fully saturated rings. The number of benzene rings is 1. The van der Waals surface area contributed by atoms with Crippen LogP contribution in [0.1, 0.15) is 13.8 Å². The average molecular weight is 371 g/mol. The Morgan fingerprint density at radius 3 is 2.52 bits per heavy atom. The number of fused-ring (bicyclic) bond motifs is 3. The molecule has 0 aromatic heterocycles. The molecular formula is C18H21N5O4. The van der Waals surface area contributed by atoms with Gasteiger partial charge in [0.1, 0.15) is 11.5 Å². The molecule has 4 rings (SSSR count). The summed E-state index contributed by atoms with van der Waals surface area (Å²) in [6.45, 7) is 3.90. The maximum absolute atomic E-state index is 12.5. The van der Waals surface area contributed by atoms with E-state index in [9.17, 15) is 9.59 Å². The number of ether oxygens (including phenoxy) is 2. The highest BCUT2D eigenvalue weighted by Gasteiger charge is 2.53. The minimum absolute atomic E-state index is 0.349. The monoisotopic (exact) mass is 371 g/mol. The number of nitrogens with zero attached hydrogens (tertiary/aromatic N) is 4. The average Bonchev–Trinajstić information content (AvgIpc) is 3.16.